The van der Waals surface area contributed by atoms with E-state index in [1.807, 2.05) is 0 Å². The maximum atomic E-state index is 12.7. The summed E-state index contributed by atoms with van der Waals surface area (Å²) in [6.45, 7) is 0. The molecule has 2 N–H and O–H groups in total. The molecule has 25 heavy (non-hydrogen) atoms. The number of hydrogen-bond donors (Lipinski definition) is 2. The fourth-order valence-corrected chi connectivity index (χ4v) is 2.31. The van der Waals surface area contributed by atoms with E-state index in [9.17, 15) is 27.9 Å². The Balaban J connectivity index is 2.41. The SMILES string of the molecule is O=C(O)c1ccc(N=N/C(C(=O)C(F)(F)F)=C(/O)c2cccs2)cc1. The molecular formula is C15H9F3N2O4S. The van der Waals surface area contributed by atoms with Crippen molar-refractivity contribution in [2.45, 2.75) is 6.18 Å². The van der Waals surface area contributed by atoms with E-state index in [0.717, 1.165) is 11.3 Å². The number of aliphatic hydroxyl groups is 1. The number of rotatable bonds is 5. The third-order valence-electron chi connectivity index (χ3n) is 2.83. The quantitative estimate of drug-likeness (QED) is 0.457. The molecule has 1 aromatic heterocycles. The third-order valence-corrected chi connectivity index (χ3v) is 3.71. The van der Waals surface area contributed by atoms with Gasteiger partial charge in [-0.1, -0.05) is 6.07 Å². The molecule has 0 unspecified atom stereocenters. The van der Waals surface area contributed by atoms with Crippen molar-refractivity contribution in [1.82, 2.24) is 0 Å². The second kappa shape index (κ2) is 7.26. The highest BCUT2D eigenvalue weighted by Crippen LogP contribution is 2.29. The lowest BCUT2D eigenvalue weighted by atomic mass is 10.2. The van der Waals surface area contributed by atoms with Gasteiger partial charge in [0.2, 0.25) is 0 Å². The van der Waals surface area contributed by atoms with Crippen LogP contribution in [0.2, 0.25) is 0 Å². The van der Waals surface area contributed by atoms with Crippen molar-refractivity contribution >= 4 is 34.5 Å². The molecule has 0 aliphatic carbocycles. The Labute approximate surface area is 142 Å². The van der Waals surface area contributed by atoms with Gasteiger partial charge in [0.1, 0.15) is 0 Å². The number of aromatic carboxylic acids is 1. The van der Waals surface area contributed by atoms with Crippen molar-refractivity contribution in [3.05, 3.63) is 57.9 Å². The van der Waals surface area contributed by atoms with Crippen LogP contribution in [0.4, 0.5) is 18.9 Å². The predicted molar refractivity (Wildman–Crippen MR) is 82.8 cm³/mol. The van der Waals surface area contributed by atoms with Crippen molar-refractivity contribution < 1.29 is 33.0 Å². The summed E-state index contributed by atoms with van der Waals surface area (Å²) < 4.78 is 38.1. The molecule has 1 heterocycles. The number of alkyl halides is 3. The van der Waals surface area contributed by atoms with E-state index in [0.29, 0.717) is 0 Å². The average molecular weight is 370 g/mol. The van der Waals surface area contributed by atoms with Crippen LogP contribution in [0.5, 0.6) is 0 Å². The van der Waals surface area contributed by atoms with Crippen LogP contribution in [0, 0.1) is 0 Å². The molecule has 0 fully saturated rings. The minimum absolute atomic E-state index is 0.0106. The number of aliphatic hydroxyl groups excluding tert-OH is 1. The van der Waals surface area contributed by atoms with E-state index in [-0.39, 0.29) is 16.1 Å². The van der Waals surface area contributed by atoms with Gasteiger partial charge in [0.25, 0.3) is 5.78 Å². The number of benzene rings is 1. The van der Waals surface area contributed by atoms with E-state index >= 15 is 0 Å². The minimum Gasteiger partial charge on any atom is -0.504 e. The molecule has 6 nitrogen and oxygen atoms in total. The highest BCUT2D eigenvalue weighted by Gasteiger charge is 2.43. The second-order valence-electron chi connectivity index (χ2n) is 4.55. The molecule has 1 aromatic carbocycles. The van der Waals surface area contributed by atoms with Crippen molar-refractivity contribution in [3.63, 3.8) is 0 Å². The zero-order valence-corrected chi connectivity index (χ0v) is 13.0. The van der Waals surface area contributed by atoms with Gasteiger partial charge < -0.3 is 10.2 Å². The Kier molecular flexibility index (Phi) is 5.32. The molecule has 2 aromatic rings. The number of hydrogen-bond acceptors (Lipinski definition) is 6. The van der Waals surface area contributed by atoms with E-state index < -0.39 is 29.4 Å². The average Bonchev–Trinajstić information content (AvgIpc) is 3.08. The molecule has 10 heteroatoms. The van der Waals surface area contributed by atoms with Gasteiger partial charge in [-0.25, -0.2) is 4.79 Å². The first-order valence-corrected chi connectivity index (χ1v) is 7.42. The monoisotopic (exact) mass is 370 g/mol. The maximum absolute atomic E-state index is 12.7. The molecular weight excluding hydrogens is 361 g/mol. The van der Waals surface area contributed by atoms with Crippen LogP contribution in [-0.2, 0) is 4.79 Å². The Hall–Kier alpha value is -3.01. The maximum Gasteiger partial charge on any atom is 0.456 e. The van der Waals surface area contributed by atoms with Crippen LogP contribution in [0.1, 0.15) is 15.2 Å². The van der Waals surface area contributed by atoms with Crippen molar-refractivity contribution in [3.8, 4) is 0 Å². The van der Waals surface area contributed by atoms with Crippen molar-refractivity contribution in [2.24, 2.45) is 10.2 Å². The first-order valence-electron chi connectivity index (χ1n) is 6.54. The van der Waals surface area contributed by atoms with Gasteiger partial charge in [-0.15, -0.1) is 16.5 Å². The highest BCUT2D eigenvalue weighted by atomic mass is 32.1. The topological polar surface area (TPSA) is 99.3 Å². The Morgan fingerprint density at radius 2 is 1.68 bits per heavy atom. The van der Waals surface area contributed by atoms with Crippen LogP contribution >= 0.6 is 11.3 Å². The van der Waals surface area contributed by atoms with E-state index in [1.54, 1.807) is 0 Å². The van der Waals surface area contributed by atoms with Gasteiger partial charge in [0.05, 0.1) is 16.1 Å². The zero-order valence-electron chi connectivity index (χ0n) is 12.2. The van der Waals surface area contributed by atoms with Crippen LogP contribution in [-0.4, -0.2) is 28.1 Å². The summed E-state index contributed by atoms with van der Waals surface area (Å²) in [7, 11) is 0. The fraction of sp³-hybridized carbons (Fsp3) is 0.0667. The minimum atomic E-state index is -5.24. The van der Waals surface area contributed by atoms with E-state index in [1.165, 1.54) is 41.8 Å². The molecule has 0 bridgehead atoms. The molecule has 2 rings (SSSR count). The van der Waals surface area contributed by atoms with E-state index in [4.69, 9.17) is 5.11 Å². The van der Waals surface area contributed by atoms with Crippen molar-refractivity contribution in [1.29, 1.82) is 0 Å². The summed E-state index contributed by atoms with van der Waals surface area (Å²) in [5, 5.41) is 26.9. The van der Waals surface area contributed by atoms with Gasteiger partial charge in [0, 0.05) is 0 Å². The first-order chi connectivity index (χ1) is 11.7. The number of carbonyl (C=O) groups excluding carboxylic acids is 1. The summed E-state index contributed by atoms with van der Waals surface area (Å²) in [6.07, 6.45) is -5.24. The summed E-state index contributed by atoms with van der Waals surface area (Å²) >= 11 is 0.920. The lowest BCUT2D eigenvalue weighted by molar-refractivity contribution is -0.166. The zero-order chi connectivity index (χ0) is 18.6. The molecule has 0 aliphatic heterocycles. The molecule has 0 saturated heterocycles. The van der Waals surface area contributed by atoms with Gasteiger partial charge >= 0.3 is 12.1 Å². The number of carboxylic acids is 1. The highest BCUT2D eigenvalue weighted by molar-refractivity contribution is 7.11. The van der Waals surface area contributed by atoms with Gasteiger partial charge in [-0.2, -0.15) is 18.3 Å². The molecule has 0 radical (unpaired) electrons. The van der Waals surface area contributed by atoms with Gasteiger partial charge in [-0.05, 0) is 35.7 Å². The standard InChI is InChI=1S/C15H9F3N2O4S/c16-15(17,18)13(22)11(12(21)10-2-1-7-25-10)20-19-9-5-3-8(4-6-9)14(23)24/h1-7,21H,(H,23,24)/b12-11+,20-19?. The lowest BCUT2D eigenvalue weighted by Gasteiger charge is -2.06. The Morgan fingerprint density at radius 3 is 2.16 bits per heavy atom. The molecule has 0 atom stereocenters. The van der Waals surface area contributed by atoms with Gasteiger partial charge in [-0.3, -0.25) is 4.79 Å². The summed E-state index contributed by atoms with van der Waals surface area (Å²) in [6, 6.07) is 7.54. The smallest absolute Gasteiger partial charge is 0.456 e. The third kappa shape index (κ3) is 4.51. The predicted octanol–water partition coefficient (Wildman–Crippen LogP) is 4.59. The number of thiophene rings is 1. The molecule has 0 aliphatic rings. The summed E-state index contributed by atoms with van der Waals surface area (Å²) in [5.74, 6) is -4.47. The number of carboxylic acid groups (broad SMARTS) is 1. The van der Waals surface area contributed by atoms with Crippen LogP contribution in [0.15, 0.2) is 57.7 Å². The normalized spacial score (nSPS) is 12.9. The molecule has 0 saturated carbocycles. The number of azo groups is 1. The Bertz CT molecular complexity index is 841. The summed E-state index contributed by atoms with van der Waals surface area (Å²) in [5.41, 5.74) is -1.30. The fourth-order valence-electron chi connectivity index (χ4n) is 1.64. The molecule has 0 amide bonds. The number of nitrogens with zero attached hydrogens (tertiary/aromatic N) is 2. The number of Topliss-reactive ketones (excluding diaryl/α,β-unsaturated/α-hetero) is 1. The Morgan fingerprint density at radius 1 is 1.04 bits per heavy atom. The van der Waals surface area contributed by atoms with Crippen LogP contribution < -0.4 is 0 Å². The number of carbonyl (C=O) groups is 2. The number of ketones is 1. The largest absolute Gasteiger partial charge is 0.504 e. The first kappa shape index (κ1) is 18.3. The van der Waals surface area contributed by atoms with Crippen molar-refractivity contribution in [2.75, 3.05) is 0 Å². The van der Waals surface area contributed by atoms with E-state index in [2.05, 4.69) is 10.2 Å². The number of allylic oxidation sites excluding steroid dienone is 1. The summed E-state index contributed by atoms with van der Waals surface area (Å²) in [4.78, 5) is 22.3. The van der Waals surface area contributed by atoms with Gasteiger partial charge in [0.15, 0.2) is 11.5 Å². The van der Waals surface area contributed by atoms with Crippen LogP contribution in [0.25, 0.3) is 5.76 Å². The molecule has 0 spiro atoms. The number of halogens is 3. The van der Waals surface area contributed by atoms with Crippen LogP contribution in [0.3, 0.4) is 0 Å². The lowest BCUT2D eigenvalue weighted by Crippen LogP contribution is -2.24. The second-order valence-corrected chi connectivity index (χ2v) is 5.50. The molecule has 130 valence electrons.